The number of nitrogens with zero attached hydrogens (tertiary/aromatic N) is 2. The zero-order valence-corrected chi connectivity index (χ0v) is 13.6. The maximum atomic E-state index is 11.9. The minimum absolute atomic E-state index is 0.0983. The largest absolute Gasteiger partial charge is 0.494 e. The first-order valence-electron chi connectivity index (χ1n) is 8.18. The molecule has 0 aliphatic carbocycles. The van der Waals surface area contributed by atoms with Crippen molar-refractivity contribution in [2.75, 3.05) is 26.7 Å². The molecule has 0 saturated carbocycles. The number of amides is 2. The van der Waals surface area contributed by atoms with E-state index in [0.29, 0.717) is 12.5 Å². The van der Waals surface area contributed by atoms with Crippen LogP contribution in [0.1, 0.15) is 46.0 Å². The van der Waals surface area contributed by atoms with Crippen LogP contribution >= 0.6 is 0 Å². The SMILES string of the molecule is CCC1=C(CC)N(C(N)=O)[C@H](CC2CCN(C)CC2)CO1. The summed E-state index contributed by atoms with van der Waals surface area (Å²) in [6, 6.07) is -0.236. The molecule has 0 spiro atoms. The molecule has 2 aliphatic heterocycles. The number of ether oxygens (including phenoxy) is 1. The Bertz CT molecular complexity index is 400. The predicted molar refractivity (Wildman–Crippen MR) is 83.6 cm³/mol. The molecule has 0 aromatic heterocycles. The van der Waals surface area contributed by atoms with E-state index in [1.807, 2.05) is 0 Å². The first-order valence-corrected chi connectivity index (χ1v) is 8.18. The number of allylic oxidation sites excluding steroid dienone is 2. The van der Waals surface area contributed by atoms with Crippen molar-refractivity contribution in [2.24, 2.45) is 11.7 Å². The maximum absolute atomic E-state index is 11.9. The van der Waals surface area contributed by atoms with Crippen molar-refractivity contribution >= 4 is 6.03 Å². The number of rotatable bonds is 4. The van der Waals surface area contributed by atoms with Crippen molar-refractivity contribution < 1.29 is 9.53 Å². The minimum Gasteiger partial charge on any atom is -0.494 e. The van der Waals surface area contributed by atoms with E-state index in [1.165, 1.54) is 12.8 Å². The number of primary amides is 1. The maximum Gasteiger partial charge on any atom is 0.319 e. The van der Waals surface area contributed by atoms with Crippen LogP contribution < -0.4 is 5.73 Å². The molecule has 5 nitrogen and oxygen atoms in total. The van der Waals surface area contributed by atoms with Gasteiger partial charge in [-0.2, -0.15) is 0 Å². The van der Waals surface area contributed by atoms with Crippen molar-refractivity contribution in [1.82, 2.24) is 9.80 Å². The molecular formula is C16H29N3O2. The van der Waals surface area contributed by atoms with Crippen molar-refractivity contribution in [3.05, 3.63) is 11.5 Å². The summed E-state index contributed by atoms with van der Waals surface area (Å²) >= 11 is 0. The third-order valence-corrected chi connectivity index (χ3v) is 4.76. The van der Waals surface area contributed by atoms with Crippen molar-refractivity contribution in [1.29, 1.82) is 0 Å². The van der Waals surface area contributed by atoms with Gasteiger partial charge in [0.25, 0.3) is 0 Å². The van der Waals surface area contributed by atoms with E-state index in [9.17, 15) is 4.79 Å². The molecule has 0 unspecified atom stereocenters. The van der Waals surface area contributed by atoms with Crippen LogP contribution in [0.4, 0.5) is 4.79 Å². The molecule has 2 amide bonds. The fourth-order valence-electron chi connectivity index (χ4n) is 3.55. The number of likely N-dealkylation sites (tertiary alicyclic amines) is 1. The van der Waals surface area contributed by atoms with Crippen LogP contribution in [0.25, 0.3) is 0 Å². The van der Waals surface area contributed by atoms with E-state index >= 15 is 0 Å². The number of hydrogen-bond donors (Lipinski definition) is 1. The summed E-state index contributed by atoms with van der Waals surface area (Å²) in [7, 11) is 2.17. The number of piperidine rings is 1. The summed E-state index contributed by atoms with van der Waals surface area (Å²) in [5, 5.41) is 0. The molecule has 1 fully saturated rings. The van der Waals surface area contributed by atoms with Gasteiger partial charge in [0, 0.05) is 6.42 Å². The van der Waals surface area contributed by atoms with E-state index in [0.717, 1.165) is 43.8 Å². The monoisotopic (exact) mass is 295 g/mol. The first-order chi connectivity index (χ1) is 10.1. The lowest BCUT2D eigenvalue weighted by molar-refractivity contribution is 0.0664. The second-order valence-electron chi connectivity index (χ2n) is 6.23. The van der Waals surface area contributed by atoms with Crippen LogP contribution in [-0.2, 0) is 4.74 Å². The second kappa shape index (κ2) is 7.16. The van der Waals surface area contributed by atoms with E-state index in [1.54, 1.807) is 4.90 Å². The summed E-state index contributed by atoms with van der Waals surface area (Å²) in [4.78, 5) is 16.1. The van der Waals surface area contributed by atoms with Crippen LogP contribution in [0.3, 0.4) is 0 Å². The number of carbonyl (C=O) groups is 1. The number of hydrogen-bond acceptors (Lipinski definition) is 3. The normalized spacial score (nSPS) is 25.1. The highest BCUT2D eigenvalue weighted by atomic mass is 16.5. The average Bonchev–Trinajstić information content (AvgIpc) is 2.48. The molecule has 2 heterocycles. The first kappa shape index (κ1) is 16.1. The van der Waals surface area contributed by atoms with Gasteiger partial charge >= 0.3 is 6.03 Å². The Hall–Kier alpha value is -1.23. The zero-order valence-electron chi connectivity index (χ0n) is 13.6. The molecule has 0 aromatic carbocycles. The molecular weight excluding hydrogens is 266 g/mol. The molecule has 5 heteroatoms. The van der Waals surface area contributed by atoms with Crippen LogP contribution in [0.5, 0.6) is 0 Å². The molecule has 2 rings (SSSR count). The Morgan fingerprint density at radius 3 is 2.48 bits per heavy atom. The molecule has 0 bridgehead atoms. The van der Waals surface area contributed by atoms with Crippen LogP contribution in [-0.4, -0.2) is 48.6 Å². The zero-order chi connectivity index (χ0) is 15.4. The van der Waals surface area contributed by atoms with Crippen molar-refractivity contribution in [3.8, 4) is 0 Å². The van der Waals surface area contributed by atoms with Gasteiger partial charge in [-0.3, -0.25) is 4.90 Å². The smallest absolute Gasteiger partial charge is 0.319 e. The van der Waals surface area contributed by atoms with Gasteiger partial charge in [-0.15, -0.1) is 0 Å². The van der Waals surface area contributed by atoms with Gasteiger partial charge in [0.05, 0.1) is 11.7 Å². The third kappa shape index (κ3) is 3.70. The van der Waals surface area contributed by atoms with Crippen LogP contribution in [0.2, 0.25) is 0 Å². The van der Waals surface area contributed by atoms with Crippen molar-refractivity contribution in [2.45, 2.75) is 52.0 Å². The van der Waals surface area contributed by atoms with Crippen molar-refractivity contribution in [3.63, 3.8) is 0 Å². The molecule has 120 valence electrons. The Labute approximate surface area is 128 Å². The molecule has 2 aliphatic rings. The number of carbonyl (C=O) groups excluding carboxylic acids is 1. The third-order valence-electron chi connectivity index (χ3n) is 4.76. The molecule has 0 radical (unpaired) electrons. The van der Waals surface area contributed by atoms with Gasteiger partial charge in [0.2, 0.25) is 0 Å². The average molecular weight is 295 g/mol. The standard InChI is InChI=1S/C16H29N3O2/c1-4-14-15(5-2)21-11-13(19(14)16(17)20)10-12-6-8-18(3)9-7-12/h12-13H,4-11H2,1-3H3,(H2,17,20)/t13-/m1/s1. The molecule has 0 aromatic rings. The van der Waals surface area contributed by atoms with Gasteiger partial charge in [0.1, 0.15) is 12.4 Å². The van der Waals surface area contributed by atoms with Crippen LogP contribution in [0.15, 0.2) is 11.5 Å². The molecule has 1 saturated heterocycles. The lowest BCUT2D eigenvalue weighted by Crippen LogP contribution is -2.49. The predicted octanol–water partition coefficient (Wildman–Crippen LogP) is 2.53. The highest BCUT2D eigenvalue weighted by Gasteiger charge is 2.33. The van der Waals surface area contributed by atoms with E-state index < -0.39 is 0 Å². The lowest BCUT2D eigenvalue weighted by Gasteiger charge is -2.40. The van der Waals surface area contributed by atoms with Gasteiger partial charge < -0.3 is 15.4 Å². The highest BCUT2D eigenvalue weighted by Crippen LogP contribution is 2.31. The summed E-state index contributed by atoms with van der Waals surface area (Å²) in [6.45, 7) is 6.99. The topological polar surface area (TPSA) is 58.8 Å². The van der Waals surface area contributed by atoms with Gasteiger partial charge in [-0.1, -0.05) is 13.8 Å². The lowest BCUT2D eigenvalue weighted by atomic mass is 9.89. The Morgan fingerprint density at radius 2 is 1.95 bits per heavy atom. The molecule has 1 atom stereocenters. The van der Waals surface area contributed by atoms with E-state index in [-0.39, 0.29) is 12.1 Å². The quantitative estimate of drug-likeness (QED) is 0.867. The fraction of sp³-hybridized carbons (Fsp3) is 0.812. The molecule has 21 heavy (non-hydrogen) atoms. The Morgan fingerprint density at radius 1 is 1.29 bits per heavy atom. The highest BCUT2D eigenvalue weighted by molar-refractivity contribution is 5.75. The molecule has 2 N–H and O–H groups in total. The van der Waals surface area contributed by atoms with Gasteiger partial charge in [-0.05, 0) is 51.7 Å². The summed E-state index contributed by atoms with van der Waals surface area (Å²) < 4.78 is 5.91. The van der Waals surface area contributed by atoms with E-state index in [2.05, 4.69) is 25.8 Å². The fourth-order valence-corrected chi connectivity index (χ4v) is 3.55. The van der Waals surface area contributed by atoms with E-state index in [4.69, 9.17) is 10.5 Å². The summed E-state index contributed by atoms with van der Waals surface area (Å²) in [6.07, 6.45) is 5.00. The Balaban J connectivity index is 2.08. The number of urea groups is 1. The van der Waals surface area contributed by atoms with Gasteiger partial charge in [-0.25, -0.2) is 4.79 Å². The van der Waals surface area contributed by atoms with Gasteiger partial charge in [0.15, 0.2) is 0 Å². The second-order valence-corrected chi connectivity index (χ2v) is 6.23. The van der Waals surface area contributed by atoms with Crippen LogP contribution in [0, 0.1) is 5.92 Å². The number of nitrogens with two attached hydrogens (primary N) is 1. The Kier molecular flexibility index (Phi) is 5.51. The minimum atomic E-state index is -0.334. The summed E-state index contributed by atoms with van der Waals surface area (Å²) in [5.41, 5.74) is 6.64. The summed E-state index contributed by atoms with van der Waals surface area (Å²) in [5.74, 6) is 1.59.